The fraction of sp³-hybridized carbons (Fsp3) is 0.400. The second-order valence-electron chi connectivity index (χ2n) is 6.25. The van der Waals surface area contributed by atoms with Crippen LogP contribution in [0.3, 0.4) is 0 Å². The van der Waals surface area contributed by atoms with Crippen molar-refractivity contribution >= 4 is 5.91 Å². The predicted octanol–water partition coefficient (Wildman–Crippen LogP) is 3.69. The van der Waals surface area contributed by atoms with Crippen LogP contribution in [-0.2, 0) is 4.79 Å². The molecule has 1 amide bonds. The van der Waals surface area contributed by atoms with Crippen molar-refractivity contribution in [2.24, 2.45) is 11.1 Å². The van der Waals surface area contributed by atoms with Crippen LogP contribution in [0.25, 0.3) is 11.1 Å². The van der Waals surface area contributed by atoms with Crippen molar-refractivity contribution in [3.63, 3.8) is 0 Å². The predicted molar refractivity (Wildman–Crippen MR) is 98.3 cm³/mol. The molecular weight excluding hydrogens is 298 g/mol. The first kappa shape index (κ1) is 18.1. The number of amides is 1. The standard InChI is InChI=1S/C20H27N3O/c1-4-20(5-2,14-21)19(24)23-15(3)16-8-10-17(11-9-16)18-7-6-12-22-13-18/h6-13,15H,4-5,14,21H2,1-3H3,(H,23,24). The Hall–Kier alpha value is -2.20. The molecule has 0 aliphatic rings. The van der Waals surface area contributed by atoms with E-state index in [9.17, 15) is 4.79 Å². The maximum absolute atomic E-state index is 12.6. The SMILES string of the molecule is CCC(CC)(CN)C(=O)NC(C)c1ccc(-c2cccnc2)cc1. The lowest BCUT2D eigenvalue weighted by atomic mass is 9.81. The average Bonchev–Trinajstić information content (AvgIpc) is 2.64. The summed E-state index contributed by atoms with van der Waals surface area (Å²) in [6.07, 6.45) is 5.11. The van der Waals surface area contributed by atoms with Crippen LogP contribution in [0.4, 0.5) is 0 Å². The summed E-state index contributed by atoms with van der Waals surface area (Å²) in [4.78, 5) is 16.8. The Bertz CT molecular complexity index is 640. The summed E-state index contributed by atoms with van der Waals surface area (Å²) in [5, 5.41) is 3.12. The third-order valence-electron chi connectivity index (χ3n) is 4.98. The zero-order valence-electron chi connectivity index (χ0n) is 14.8. The summed E-state index contributed by atoms with van der Waals surface area (Å²) in [7, 11) is 0. The topological polar surface area (TPSA) is 68.0 Å². The van der Waals surface area contributed by atoms with E-state index in [0.29, 0.717) is 6.54 Å². The molecule has 0 fully saturated rings. The highest BCUT2D eigenvalue weighted by Gasteiger charge is 2.33. The Morgan fingerprint density at radius 1 is 1.17 bits per heavy atom. The van der Waals surface area contributed by atoms with E-state index in [4.69, 9.17) is 5.73 Å². The molecule has 1 aromatic carbocycles. The quantitative estimate of drug-likeness (QED) is 0.816. The van der Waals surface area contributed by atoms with Crippen LogP contribution < -0.4 is 11.1 Å². The van der Waals surface area contributed by atoms with Gasteiger partial charge in [-0.3, -0.25) is 9.78 Å². The number of rotatable bonds is 7. The lowest BCUT2D eigenvalue weighted by Gasteiger charge is -2.30. The van der Waals surface area contributed by atoms with Gasteiger partial charge in [0.05, 0.1) is 11.5 Å². The van der Waals surface area contributed by atoms with Crippen molar-refractivity contribution in [2.75, 3.05) is 6.54 Å². The van der Waals surface area contributed by atoms with E-state index in [1.165, 1.54) is 0 Å². The molecule has 0 aliphatic heterocycles. The van der Waals surface area contributed by atoms with E-state index in [0.717, 1.165) is 29.5 Å². The van der Waals surface area contributed by atoms with Gasteiger partial charge < -0.3 is 11.1 Å². The van der Waals surface area contributed by atoms with Gasteiger partial charge >= 0.3 is 0 Å². The molecule has 0 aliphatic carbocycles. The molecule has 1 unspecified atom stereocenters. The van der Waals surface area contributed by atoms with Crippen molar-refractivity contribution < 1.29 is 4.79 Å². The number of carbonyl (C=O) groups is 1. The molecule has 1 atom stereocenters. The van der Waals surface area contributed by atoms with Crippen molar-refractivity contribution in [2.45, 2.75) is 39.7 Å². The number of hydrogen-bond donors (Lipinski definition) is 2. The van der Waals surface area contributed by atoms with E-state index in [1.54, 1.807) is 6.20 Å². The number of nitrogens with zero attached hydrogens (tertiary/aromatic N) is 1. The van der Waals surface area contributed by atoms with Gasteiger partial charge in [0.1, 0.15) is 0 Å². The van der Waals surface area contributed by atoms with Crippen LogP contribution in [0.2, 0.25) is 0 Å². The van der Waals surface area contributed by atoms with Gasteiger partial charge in [0, 0.05) is 18.9 Å². The minimum absolute atomic E-state index is 0.0406. The first-order valence-electron chi connectivity index (χ1n) is 8.57. The van der Waals surface area contributed by atoms with Crippen molar-refractivity contribution in [1.29, 1.82) is 0 Å². The van der Waals surface area contributed by atoms with E-state index in [-0.39, 0.29) is 11.9 Å². The fourth-order valence-corrected chi connectivity index (χ4v) is 2.88. The van der Waals surface area contributed by atoms with Crippen molar-refractivity contribution in [3.05, 3.63) is 54.4 Å². The number of carbonyl (C=O) groups excluding carboxylic acids is 1. The van der Waals surface area contributed by atoms with Crippen LogP contribution in [0.5, 0.6) is 0 Å². The molecule has 128 valence electrons. The monoisotopic (exact) mass is 325 g/mol. The lowest BCUT2D eigenvalue weighted by molar-refractivity contribution is -0.131. The Morgan fingerprint density at radius 2 is 1.83 bits per heavy atom. The molecule has 0 radical (unpaired) electrons. The average molecular weight is 325 g/mol. The van der Waals surface area contributed by atoms with Crippen LogP contribution in [0.1, 0.15) is 45.2 Å². The largest absolute Gasteiger partial charge is 0.349 e. The highest BCUT2D eigenvalue weighted by Crippen LogP contribution is 2.27. The van der Waals surface area contributed by atoms with Crippen molar-refractivity contribution in [3.8, 4) is 11.1 Å². The van der Waals surface area contributed by atoms with E-state index >= 15 is 0 Å². The maximum Gasteiger partial charge on any atom is 0.227 e. The van der Waals surface area contributed by atoms with Crippen LogP contribution in [0, 0.1) is 5.41 Å². The second-order valence-corrected chi connectivity index (χ2v) is 6.25. The van der Waals surface area contributed by atoms with Gasteiger partial charge in [-0.15, -0.1) is 0 Å². The molecule has 4 heteroatoms. The molecule has 1 heterocycles. The van der Waals surface area contributed by atoms with Gasteiger partial charge in [0.25, 0.3) is 0 Å². The number of hydrogen-bond acceptors (Lipinski definition) is 3. The van der Waals surface area contributed by atoms with Crippen molar-refractivity contribution in [1.82, 2.24) is 10.3 Å². The Balaban J connectivity index is 2.10. The Labute approximate surface area is 144 Å². The smallest absolute Gasteiger partial charge is 0.227 e. The van der Waals surface area contributed by atoms with Crippen LogP contribution in [0.15, 0.2) is 48.8 Å². The number of benzene rings is 1. The molecular formula is C20H27N3O. The van der Waals surface area contributed by atoms with Crippen LogP contribution in [-0.4, -0.2) is 17.4 Å². The zero-order valence-corrected chi connectivity index (χ0v) is 14.8. The molecule has 24 heavy (non-hydrogen) atoms. The van der Waals surface area contributed by atoms with Gasteiger partial charge in [-0.1, -0.05) is 44.2 Å². The molecule has 4 nitrogen and oxygen atoms in total. The Kier molecular flexibility index (Phi) is 6.10. The van der Waals surface area contributed by atoms with Gasteiger partial charge in [-0.2, -0.15) is 0 Å². The molecule has 1 aromatic heterocycles. The van der Waals surface area contributed by atoms with Crippen LogP contribution >= 0.6 is 0 Å². The Morgan fingerprint density at radius 3 is 2.33 bits per heavy atom. The van der Waals surface area contributed by atoms with Gasteiger partial charge in [-0.25, -0.2) is 0 Å². The summed E-state index contributed by atoms with van der Waals surface area (Å²) in [6.45, 7) is 6.41. The molecule has 0 saturated carbocycles. The lowest BCUT2D eigenvalue weighted by Crippen LogP contribution is -2.46. The normalized spacial score (nSPS) is 12.7. The first-order valence-corrected chi connectivity index (χ1v) is 8.57. The molecule has 3 N–H and O–H groups in total. The van der Waals surface area contributed by atoms with Gasteiger partial charge in [0.15, 0.2) is 0 Å². The molecule has 2 aromatic rings. The van der Waals surface area contributed by atoms with E-state index in [1.807, 2.05) is 39.1 Å². The minimum Gasteiger partial charge on any atom is -0.349 e. The summed E-state index contributed by atoms with van der Waals surface area (Å²) in [6, 6.07) is 12.1. The second kappa shape index (κ2) is 8.06. The number of nitrogens with two attached hydrogens (primary N) is 1. The van der Waals surface area contributed by atoms with E-state index < -0.39 is 5.41 Å². The third kappa shape index (κ3) is 3.82. The summed E-state index contributed by atoms with van der Waals surface area (Å²) in [5.41, 5.74) is 8.67. The van der Waals surface area contributed by atoms with Gasteiger partial charge in [0.2, 0.25) is 5.91 Å². The maximum atomic E-state index is 12.6. The summed E-state index contributed by atoms with van der Waals surface area (Å²) < 4.78 is 0. The molecule has 0 spiro atoms. The number of pyridine rings is 1. The van der Waals surface area contributed by atoms with E-state index in [2.05, 4.69) is 34.6 Å². The summed E-state index contributed by atoms with van der Waals surface area (Å²) >= 11 is 0. The molecule has 0 saturated heterocycles. The zero-order chi connectivity index (χ0) is 17.6. The number of nitrogens with one attached hydrogen (secondary N) is 1. The highest BCUT2D eigenvalue weighted by molar-refractivity contribution is 5.83. The fourth-order valence-electron chi connectivity index (χ4n) is 2.88. The first-order chi connectivity index (χ1) is 11.6. The third-order valence-corrected chi connectivity index (χ3v) is 4.98. The molecule has 2 rings (SSSR count). The van der Waals surface area contributed by atoms with Gasteiger partial charge in [-0.05, 0) is 42.5 Å². The molecule has 0 bridgehead atoms. The summed E-state index contributed by atoms with van der Waals surface area (Å²) in [5.74, 6) is 0.0406. The highest BCUT2D eigenvalue weighted by atomic mass is 16.2. The number of aromatic nitrogens is 1. The minimum atomic E-state index is -0.468.